The van der Waals surface area contributed by atoms with Crippen molar-refractivity contribution in [3.63, 3.8) is 0 Å². The smallest absolute Gasteiger partial charge is 0.191 e. The molecule has 0 amide bonds. The Labute approximate surface area is 122 Å². The standard InChI is InChI=1S/C14H14N2S2.CH4/c1-2-14(10-16-6-8-18-12-16)4-3-13(1)9-15-5-7-17-11-15;/h1-8,11-12H,9-10H2;1H4/q+2;. The Bertz CT molecular complexity index is 528. The molecule has 2 heterocycles. The summed E-state index contributed by atoms with van der Waals surface area (Å²) in [6.07, 6.45) is 4.22. The Morgan fingerprint density at radius 2 is 1.16 bits per heavy atom. The third kappa shape index (κ3) is 3.72. The zero-order chi connectivity index (χ0) is 12.2. The number of rotatable bonds is 4. The predicted octanol–water partition coefficient (Wildman–Crippen LogP) is 3.12. The molecule has 0 unspecified atom stereocenters. The van der Waals surface area contributed by atoms with Gasteiger partial charge in [-0.1, -0.05) is 54.4 Å². The van der Waals surface area contributed by atoms with Gasteiger partial charge in [0.2, 0.25) is 11.0 Å². The molecule has 0 fully saturated rings. The third-order valence-corrected chi connectivity index (χ3v) is 4.15. The van der Waals surface area contributed by atoms with Crippen LogP contribution in [0.5, 0.6) is 0 Å². The highest BCUT2D eigenvalue weighted by Gasteiger charge is 2.05. The summed E-state index contributed by atoms with van der Waals surface area (Å²) in [4.78, 5) is 0. The minimum absolute atomic E-state index is 0. The Balaban J connectivity index is 0.00000133. The lowest BCUT2D eigenvalue weighted by molar-refractivity contribution is -0.684. The van der Waals surface area contributed by atoms with E-state index in [-0.39, 0.29) is 7.43 Å². The zero-order valence-corrected chi connectivity index (χ0v) is 11.5. The van der Waals surface area contributed by atoms with Crippen molar-refractivity contribution in [2.75, 3.05) is 0 Å². The highest BCUT2D eigenvalue weighted by Crippen LogP contribution is 2.05. The Hall–Kier alpha value is -1.52. The first-order valence-corrected chi connectivity index (χ1v) is 7.69. The van der Waals surface area contributed by atoms with Crippen LogP contribution in [0, 0.1) is 0 Å². The quantitative estimate of drug-likeness (QED) is 0.652. The van der Waals surface area contributed by atoms with E-state index < -0.39 is 0 Å². The molecule has 0 saturated heterocycles. The second kappa shape index (κ2) is 6.59. The maximum atomic E-state index is 2.22. The van der Waals surface area contributed by atoms with Gasteiger partial charge in [0.1, 0.15) is 0 Å². The van der Waals surface area contributed by atoms with Crippen molar-refractivity contribution < 1.29 is 9.13 Å². The second-order valence-electron chi connectivity index (χ2n) is 4.21. The van der Waals surface area contributed by atoms with Gasteiger partial charge in [-0.15, -0.1) is 0 Å². The first kappa shape index (κ1) is 13.9. The average Bonchev–Trinajstić information content (AvgIpc) is 3.05. The van der Waals surface area contributed by atoms with Gasteiger partial charge in [0.15, 0.2) is 25.5 Å². The van der Waals surface area contributed by atoms with Crippen LogP contribution in [0.1, 0.15) is 18.6 Å². The molecule has 0 radical (unpaired) electrons. The van der Waals surface area contributed by atoms with E-state index in [9.17, 15) is 0 Å². The van der Waals surface area contributed by atoms with E-state index >= 15 is 0 Å². The van der Waals surface area contributed by atoms with Crippen LogP contribution in [0.15, 0.2) is 58.4 Å². The largest absolute Gasteiger partial charge is 0.224 e. The Morgan fingerprint density at radius 1 is 0.737 bits per heavy atom. The minimum atomic E-state index is 0. The van der Waals surface area contributed by atoms with Crippen LogP contribution < -0.4 is 9.13 Å². The van der Waals surface area contributed by atoms with Gasteiger partial charge in [0.25, 0.3) is 0 Å². The fourth-order valence-electron chi connectivity index (χ4n) is 1.88. The molecular weight excluding hydrogens is 272 g/mol. The zero-order valence-electron chi connectivity index (χ0n) is 9.90. The van der Waals surface area contributed by atoms with Gasteiger partial charge in [-0.3, -0.25) is 0 Å². The topological polar surface area (TPSA) is 7.76 Å². The van der Waals surface area contributed by atoms with Crippen LogP contribution in [0.4, 0.5) is 0 Å². The summed E-state index contributed by atoms with van der Waals surface area (Å²) in [6, 6.07) is 8.86. The normalized spacial score (nSPS) is 10.1. The molecule has 0 bridgehead atoms. The van der Waals surface area contributed by atoms with Crippen LogP contribution in [0.3, 0.4) is 0 Å². The van der Waals surface area contributed by atoms with Crippen LogP contribution in [-0.4, -0.2) is 0 Å². The molecule has 0 aliphatic heterocycles. The Morgan fingerprint density at radius 3 is 1.47 bits per heavy atom. The highest BCUT2D eigenvalue weighted by molar-refractivity contribution is 7.07. The Kier molecular flexibility index (Phi) is 4.82. The SMILES string of the molecule is C.c1c[n+](Cc2ccc(C[n+]3ccsc3)cc2)cs1. The van der Waals surface area contributed by atoms with Crippen molar-refractivity contribution in [3.8, 4) is 0 Å². The summed E-state index contributed by atoms with van der Waals surface area (Å²) in [5.41, 5.74) is 6.96. The lowest BCUT2D eigenvalue weighted by Gasteiger charge is -1.98. The van der Waals surface area contributed by atoms with Gasteiger partial charge < -0.3 is 0 Å². The molecule has 0 saturated carbocycles. The summed E-state index contributed by atoms with van der Waals surface area (Å²) < 4.78 is 4.40. The van der Waals surface area contributed by atoms with Gasteiger partial charge in [-0.25, -0.2) is 0 Å². The molecule has 4 heteroatoms. The first-order chi connectivity index (χ1) is 8.90. The summed E-state index contributed by atoms with van der Waals surface area (Å²) >= 11 is 3.45. The van der Waals surface area contributed by atoms with Crippen LogP contribution in [0.25, 0.3) is 0 Å². The molecule has 0 aliphatic rings. The summed E-state index contributed by atoms with van der Waals surface area (Å²) in [5, 5.41) is 4.20. The molecule has 19 heavy (non-hydrogen) atoms. The van der Waals surface area contributed by atoms with Crippen molar-refractivity contribution in [2.24, 2.45) is 0 Å². The maximum Gasteiger partial charge on any atom is 0.224 e. The lowest BCUT2D eigenvalue weighted by Crippen LogP contribution is -2.31. The summed E-state index contributed by atoms with van der Waals surface area (Å²) in [7, 11) is 0. The van der Waals surface area contributed by atoms with E-state index in [1.807, 2.05) is 0 Å². The van der Waals surface area contributed by atoms with E-state index in [2.05, 4.69) is 67.6 Å². The lowest BCUT2D eigenvalue weighted by atomic mass is 10.1. The van der Waals surface area contributed by atoms with E-state index in [4.69, 9.17) is 0 Å². The number of hydrogen-bond donors (Lipinski definition) is 0. The number of hydrogen-bond acceptors (Lipinski definition) is 2. The molecule has 98 valence electrons. The van der Waals surface area contributed by atoms with Crippen molar-refractivity contribution >= 4 is 22.7 Å². The van der Waals surface area contributed by atoms with Crippen molar-refractivity contribution in [1.82, 2.24) is 0 Å². The second-order valence-corrected chi connectivity index (χ2v) is 5.72. The van der Waals surface area contributed by atoms with Gasteiger partial charge in [0.05, 0.1) is 10.8 Å². The number of aromatic nitrogens is 2. The monoisotopic (exact) mass is 290 g/mol. The first-order valence-electron chi connectivity index (χ1n) is 5.80. The van der Waals surface area contributed by atoms with Crippen molar-refractivity contribution in [1.29, 1.82) is 0 Å². The van der Waals surface area contributed by atoms with Crippen LogP contribution in [-0.2, 0) is 13.1 Å². The van der Waals surface area contributed by atoms with E-state index in [0.29, 0.717) is 0 Å². The van der Waals surface area contributed by atoms with E-state index in [1.54, 1.807) is 22.7 Å². The molecule has 3 rings (SSSR count). The molecule has 0 N–H and O–H groups in total. The minimum Gasteiger partial charge on any atom is -0.191 e. The molecule has 3 aromatic rings. The van der Waals surface area contributed by atoms with E-state index in [1.165, 1.54) is 11.1 Å². The number of benzene rings is 1. The third-order valence-electron chi connectivity index (χ3n) is 2.81. The van der Waals surface area contributed by atoms with Crippen LogP contribution >= 0.6 is 22.7 Å². The molecular formula is C15H18N2S2+2. The van der Waals surface area contributed by atoms with Gasteiger partial charge in [-0.2, -0.15) is 9.13 Å². The van der Waals surface area contributed by atoms with Crippen LogP contribution in [0.2, 0.25) is 0 Å². The molecule has 1 aromatic carbocycles. The average molecular weight is 290 g/mol. The molecule has 0 aliphatic carbocycles. The molecule has 2 aromatic heterocycles. The molecule has 2 nitrogen and oxygen atoms in total. The van der Waals surface area contributed by atoms with Gasteiger partial charge in [0, 0.05) is 11.1 Å². The fraction of sp³-hybridized carbons (Fsp3) is 0.200. The molecule has 0 spiro atoms. The van der Waals surface area contributed by atoms with Gasteiger partial charge >= 0.3 is 0 Å². The number of thiazole rings is 2. The fourth-order valence-corrected chi connectivity index (χ4v) is 3.07. The predicted molar refractivity (Wildman–Crippen MR) is 80.4 cm³/mol. The van der Waals surface area contributed by atoms with Gasteiger partial charge in [-0.05, 0) is 0 Å². The summed E-state index contributed by atoms with van der Waals surface area (Å²) in [5.74, 6) is 0. The summed E-state index contributed by atoms with van der Waals surface area (Å²) in [6.45, 7) is 1.91. The van der Waals surface area contributed by atoms with Crippen molar-refractivity contribution in [3.05, 3.63) is 69.6 Å². The van der Waals surface area contributed by atoms with Crippen molar-refractivity contribution in [2.45, 2.75) is 20.5 Å². The highest BCUT2D eigenvalue weighted by atomic mass is 32.1. The molecule has 0 atom stereocenters. The number of nitrogens with zero attached hydrogens (tertiary/aromatic N) is 2. The maximum absolute atomic E-state index is 2.22. The van der Waals surface area contributed by atoms with E-state index in [0.717, 1.165) is 13.1 Å².